The Bertz CT molecular complexity index is 405. The minimum Gasteiger partial charge on any atom is -0.383 e. The number of nitrogens with one attached hydrogen (secondary N) is 3. The number of carbonyl (C=O) groups is 1. The van der Waals surface area contributed by atoms with E-state index in [0.717, 1.165) is 25.1 Å². The van der Waals surface area contributed by atoms with Gasteiger partial charge < -0.3 is 20.7 Å². The average Bonchev–Trinajstić information content (AvgIpc) is 2.97. The SMILES string of the molecule is C[C@@H](CNc1ccccc1)NC(=O)NC[C@H]1CCCO1. The van der Waals surface area contributed by atoms with Crippen LogP contribution in [0.5, 0.6) is 0 Å². The molecule has 1 heterocycles. The zero-order valence-corrected chi connectivity index (χ0v) is 11.9. The van der Waals surface area contributed by atoms with Gasteiger partial charge >= 0.3 is 6.03 Å². The summed E-state index contributed by atoms with van der Waals surface area (Å²) in [6.07, 6.45) is 2.30. The fourth-order valence-corrected chi connectivity index (χ4v) is 2.16. The van der Waals surface area contributed by atoms with Crippen molar-refractivity contribution in [1.82, 2.24) is 10.6 Å². The zero-order valence-electron chi connectivity index (χ0n) is 11.9. The number of ether oxygens (including phenoxy) is 1. The third-order valence-electron chi connectivity index (χ3n) is 3.28. The van der Waals surface area contributed by atoms with Gasteiger partial charge in [0.1, 0.15) is 0 Å². The predicted octanol–water partition coefficient (Wildman–Crippen LogP) is 1.97. The Morgan fingerprint density at radius 2 is 2.20 bits per heavy atom. The van der Waals surface area contributed by atoms with E-state index in [4.69, 9.17) is 4.74 Å². The molecule has 1 aliphatic rings. The minimum atomic E-state index is -0.136. The molecule has 0 aromatic heterocycles. The second kappa shape index (κ2) is 7.75. The second-order valence-corrected chi connectivity index (χ2v) is 5.14. The first-order chi connectivity index (χ1) is 9.74. The van der Waals surface area contributed by atoms with Gasteiger partial charge in [-0.3, -0.25) is 0 Å². The van der Waals surface area contributed by atoms with Crippen LogP contribution >= 0.6 is 0 Å². The molecule has 2 atom stereocenters. The van der Waals surface area contributed by atoms with Gasteiger partial charge in [0.2, 0.25) is 0 Å². The largest absolute Gasteiger partial charge is 0.383 e. The van der Waals surface area contributed by atoms with Gasteiger partial charge in [-0.05, 0) is 31.9 Å². The molecule has 0 saturated carbocycles. The number of anilines is 1. The van der Waals surface area contributed by atoms with E-state index in [1.165, 1.54) is 0 Å². The molecule has 5 nitrogen and oxygen atoms in total. The number of rotatable bonds is 6. The Morgan fingerprint density at radius 3 is 2.90 bits per heavy atom. The molecule has 0 bridgehead atoms. The van der Waals surface area contributed by atoms with Crippen LogP contribution in [0.3, 0.4) is 0 Å². The van der Waals surface area contributed by atoms with Crippen molar-refractivity contribution < 1.29 is 9.53 Å². The Balaban J connectivity index is 1.60. The van der Waals surface area contributed by atoms with Gasteiger partial charge in [-0.2, -0.15) is 0 Å². The molecule has 1 fully saturated rings. The molecular weight excluding hydrogens is 254 g/mol. The van der Waals surface area contributed by atoms with Crippen LogP contribution in [0.25, 0.3) is 0 Å². The first-order valence-electron chi connectivity index (χ1n) is 7.19. The van der Waals surface area contributed by atoms with Crippen LogP contribution in [-0.4, -0.2) is 37.9 Å². The van der Waals surface area contributed by atoms with Crippen molar-refractivity contribution in [2.24, 2.45) is 0 Å². The maximum atomic E-state index is 11.7. The lowest BCUT2D eigenvalue weighted by Gasteiger charge is -2.17. The number of urea groups is 1. The van der Waals surface area contributed by atoms with Crippen LogP contribution in [0.4, 0.5) is 10.5 Å². The van der Waals surface area contributed by atoms with E-state index in [2.05, 4.69) is 16.0 Å². The molecule has 1 aromatic carbocycles. The van der Waals surface area contributed by atoms with Crippen LogP contribution in [0.1, 0.15) is 19.8 Å². The molecule has 20 heavy (non-hydrogen) atoms. The number of benzene rings is 1. The molecule has 5 heteroatoms. The minimum absolute atomic E-state index is 0.0553. The van der Waals surface area contributed by atoms with Crippen molar-refractivity contribution >= 4 is 11.7 Å². The fraction of sp³-hybridized carbons (Fsp3) is 0.533. The first kappa shape index (κ1) is 14.7. The molecule has 0 aliphatic carbocycles. The van der Waals surface area contributed by atoms with Crippen molar-refractivity contribution in [2.45, 2.75) is 31.9 Å². The second-order valence-electron chi connectivity index (χ2n) is 5.14. The van der Waals surface area contributed by atoms with Gasteiger partial charge in [0.05, 0.1) is 6.10 Å². The lowest BCUT2D eigenvalue weighted by Crippen LogP contribution is -2.45. The van der Waals surface area contributed by atoms with Crippen molar-refractivity contribution in [2.75, 3.05) is 25.0 Å². The number of carbonyl (C=O) groups excluding carboxylic acids is 1. The third kappa shape index (κ3) is 5.09. The van der Waals surface area contributed by atoms with Crippen LogP contribution < -0.4 is 16.0 Å². The molecule has 1 aliphatic heterocycles. The quantitative estimate of drug-likeness (QED) is 0.745. The van der Waals surface area contributed by atoms with Gasteiger partial charge in [-0.1, -0.05) is 18.2 Å². The van der Waals surface area contributed by atoms with E-state index in [0.29, 0.717) is 13.1 Å². The molecule has 1 saturated heterocycles. The van der Waals surface area contributed by atoms with Gasteiger partial charge in [-0.15, -0.1) is 0 Å². The van der Waals surface area contributed by atoms with Crippen molar-refractivity contribution in [3.8, 4) is 0 Å². The summed E-state index contributed by atoms with van der Waals surface area (Å²) in [5, 5.41) is 9.04. The molecule has 2 rings (SSSR count). The van der Waals surface area contributed by atoms with E-state index in [-0.39, 0.29) is 18.2 Å². The third-order valence-corrected chi connectivity index (χ3v) is 3.28. The van der Waals surface area contributed by atoms with E-state index < -0.39 is 0 Å². The first-order valence-corrected chi connectivity index (χ1v) is 7.19. The zero-order chi connectivity index (χ0) is 14.2. The van der Waals surface area contributed by atoms with Crippen molar-refractivity contribution in [1.29, 1.82) is 0 Å². The monoisotopic (exact) mass is 277 g/mol. The average molecular weight is 277 g/mol. The van der Waals surface area contributed by atoms with Crippen molar-refractivity contribution in [3.63, 3.8) is 0 Å². The lowest BCUT2D eigenvalue weighted by atomic mass is 10.2. The topological polar surface area (TPSA) is 62.4 Å². The van der Waals surface area contributed by atoms with E-state index in [1.807, 2.05) is 37.3 Å². The van der Waals surface area contributed by atoms with Crippen LogP contribution in [0.15, 0.2) is 30.3 Å². The summed E-state index contributed by atoms with van der Waals surface area (Å²) in [4.78, 5) is 11.7. The van der Waals surface area contributed by atoms with E-state index in [9.17, 15) is 4.79 Å². The Labute approximate surface area is 120 Å². The van der Waals surface area contributed by atoms with Crippen LogP contribution in [0.2, 0.25) is 0 Å². The van der Waals surface area contributed by atoms with E-state index >= 15 is 0 Å². The number of para-hydroxylation sites is 1. The summed E-state index contributed by atoms with van der Waals surface area (Å²) in [6, 6.07) is 9.87. The predicted molar refractivity (Wildman–Crippen MR) is 79.9 cm³/mol. The summed E-state index contributed by atoms with van der Waals surface area (Å²) in [5.74, 6) is 0. The summed E-state index contributed by atoms with van der Waals surface area (Å²) >= 11 is 0. The van der Waals surface area contributed by atoms with Gasteiger partial charge in [0.15, 0.2) is 0 Å². The molecule has 3 N–H and O–H groups in total. The molecule has 2 amide bonds. The summed E-state index contributed by atoms with van der Waals surface area (Å²) in [6.45, 7) is 4.06. The highest BCUT2D eigenvalue weighted by Crippen LogP contribution is 2.10. The Morgan fingerprint density at radius 1 is 1.40 bits per heavy atom. The molecular formula is C15H23N3O2. The molecule has 0 spiro atoms. The molecule has 0 radical (unpaired) electrons. The Kier molecular flexibility index (Phi) is 5.68. The van der Waals surface area contributed by atoms with Gasteiger partial charge in [0, 0.05) is 31.4 Å². The highest BCUT2D eigenvalue weighted by Gasteiger charge is 2.16. The van der Waals surface area contributed by atoms with Crippen LogP contribution in [-0.2, 0) is 4.74 Å². The van der Waals surface area contributed by atoms with Crippen LogP contribution in [0, 0.1) is 0 Å². The number of amides is 2. The highest BCUT2D eigenvalue weighted by atomic mass is 16.5. The highest BCUT2D eigenvalue weighted by molar-refractivity contribution is 5.74. The Hall–Kier alpha value is -1.75. The summed E-state index contributed by atoms with van der Waals surface area (Å²) in [5.41, 5.74) is 1.06. The maximum Gasteiger partial charge on any atom is 0.315 e. The summed E-state index contributed by atoms with van der Waals surface area (Å²) in [7, 11) is 0. The smallest absolute Gasteiger partial charge is 0.315 e. The standard InChI is InChI=1S/C15H23N3O2/c1-12(10-16-13-6-3-2-4-7-13)18-15(19)17-11-14-8-5-9-20-14/h2-4,6-7,12,14,16H,5,8-11H2,1H3,(H2,17,18,19)/t12-,14+/m0/s1. The summed E-state index contributed by atoms with van der Waals surface area (Å²) < 4.78 is 5.46. The number of hydrogen-bond acceptors (Lipinski definition) is 3. The molecule has 0 unspecified atom stereocenters. The normalized spacial score (nSPS) is 19.4. The fourth-order valence-electron chi connectivity index (χ4n) is 2.16. The van der Waals surface area contributed by atoms with Crippen molar-refractivity contribution in [3.05, 3.63) is 30.3 Å². The van der Waals surface area contributed by atoms with E-state index in [1.54, 1.807) is 0 Å². The molecule has 1 aromatic rings. The van der Waals surface area contributed by atoms with Gasteiger partial charge in [0.25, 0.3) is 0 Å². The number of hydrogen-bond donors (Lipinski definition) is 3. The van der Waals surface area contributed by atoms with Gasteiger partial charge in [-0.25, -0.2) is 4.79 Å². The molecule has 110 valence electrons. The lowest BCUT2D eigenvalue weighted by molar-refractivity contribution is 0.111. The maximum absolute atomic E-state index is 11.7.